The number of aryl methyl sites for hydroxylation is 2. The SMILES string of the molecule is Cc1cc(C)c(C(=O)O)c(NC2CCCCCC2O)n1. The molecule has 1 aliphatic rings. The van der Waals surface area contributed by atoms with E-state index in [-0.39, 0.29) is 11.6 Å². The van der Waals surface area contributed by atoms with Gasteiger partial charge >= 0.3 is 5.97 Å². The number of hydrogen-bond donors (Lipinski definition) is 3. The molecule has 5 heteroatoms. The molecule has 1 aromatic heterocycles. The molecule has 2 atom stereocenters. The molecule has 5 nitrogen and oxygen atoms in total. The third kappa shape index (κ3) is 3.28. The third-order valence-electron chi connectivity index (χ3n) is 3.86. The zero-order valence-corrected chi connectivity index (χ0v) is 12.0. The molecule has 1 heterocycles. The molecule has 0 aromatic carbocycles. The maximum atomic E-state index is 11.4. The second-order valence-corrected chi connectivity index (χ2v) is 5.57. The number of carboxylic acid groups (broad SMARTS) is 1. The minimum absolute atomic E-state index is 0.121. The molecule has 0 saturated heterocycles. The Kier molecular flexibility index (Phi) is 4.60. The van der Waals surface area contributed by atoms with Gasteiger partial charge in [-0.1, -0.05) is 19.3 Å². The number of anilines is 1. The monoisotopic (exact) mass is 278 g/mol. The Balaban J connectivity index is 2.29. The van der Waals surface area contributed by atoms with Crippen molar-refractivity contribution in [2.45, 2.75) is 58.1 Å². The van der Waals surface area contributed by atoms with Gasteiger partial charge in [-0.15, -0.1) is 0 Å². The van der Waals surface area contributed by atoms with Crippen molar-refractivity contribution in [2.24, 2.45) is 0 Å². The first-order valence-corrected chi connectivity index (χ1v) is 7.15. The van der Waals surface area contributed by atoms with E-state index in [1.807, 2.05) is 6.92 Å². The summed E-state index contributed by atoms with van der Waals surface area (Å²) in [6, 6.07) is 1.64. The van der Waals surface area contributed by atoms with Gasteiger partial charge in [0.15, 0.2) is 0 Å². The van der Waals surface area contributed by atoms with Crippen LogP contribution in [0, 0.1) is 13.8 Å². The molecule has 0 aliphatic heterocycles. The Morgan fingerprint density at radius 3 is 2.70 bits per heavy atom. The van der Waals surface area contributed by atoms with Crippen LogP contribution < -0.4 is 5.32 Å². The highest BCUT2D eigenvalue weighted by Gasteiger charge is 2.24. The van der Waals surface area contributed by atoms with Crippen LogP contribution >= 0.6 is 0 Å². The van der Waals surface area contributed by atoms with Crippen LogP contribution in [-0.4, -0.2) is 33.3 Å². The van der Waals surface area contributed by atoms with Crippen molar-refractivity contribution in [3.8, 4) is 0 Å². The van der Waals surface area contributed by atoms with Crippen LogP contribution in [0.2, 0.25) is 0 Å². The maximum absolute atomic E-state index is 11.4. The van der Waals surface area contributed by atoms with Gasteiger partial charge in [0.1, 0.15) is 11.4 Å². The predicted molar refractivity (Wildman–Crippen MR) is 77.2 cm³/mol. The normalized spacial score (nSPS) is 23.1. The quantitative estimate of drug-likeness (QED) is 0.740. The number of aromatic nitrogens is 1. The molecule has 1 aromatic rings. The van der Waals surface area contributed by atoms with Crippen molar-refractivity contribution in [3.63, 3.8) is 0 Å². The zero-order chi connectivity index (χ0) is 14.7. The highest BCUT2D eigenvalue weighted by molar-refractivity contribution is 5.94. The zero-order valence-electron chi connectivity index (χ0n) is 12.0. The van der Waals surface area contributed by atoms with Gasteiger partial charge in [0.05, 0.1) is 12.1 Å². The summed E-state index contributed by atoms with van der Waals surface area (Å²) in [5, 5.41) is 22.6. The smallest absolute Gasteiger partial charge is 0.339 e. The average Bonchev–Trinajstić information content (AvgIpc) is 2.53. The van der Waals surface area contributed by atoms with Gasteiger partial charge in [-0.3, -0.25) is 0 Å². The van der Waals surface area contributed by atoms with Crippen LogP contribution in [0.25, 0.3) is 0 Å². The molecule has 0 radical (unpaired) electrons. The standard InChI is InChI=1S/C15H22N2O3/c1-9-8-10(2)16-14(13(9)15(19)20)17-11-6-4-3-5-7-12(11)18/h8,11-12,18H,3-7H2,1-2H3,(H,16,17)(H,19,20). The fourth-order valence-electron chi connectivity index (χ4n) is 2.84. The number of pyridine rings is 1. The third-order valence-corrected chi connectivity index (χ3v) is 3.86. The van der Waals surface area contributed by atoms with Crippen LogP contribution in [0.15, 0.2) is 6.07 Å². The molecule has 0 bridgehead atoms. The van der Waals surface area contributed by atoms with Crippen LogP contribution in [0.4, 0.5) is 5.82 Å². The highest BCUT2D eigenvalue weighted by atomic mass is 16.4. The summed E-state index contributed by atoms with van der Waals surface area (Å²) >= 11 is 0. The summed E-state index contributed by atoms with van der Waals surface area (Å²) in [6.45, 7) is 3.61. The Hall–Kier alpha value is -1.62. The Morgan fingerprint density at radius 1 is 1.30 bits per heavy atom. The second-order valence-electron chi connectivity index (χ2n) is 5.57. The lowest BCUT2D eigenvalue weighted by molar-refractivity contribution is 0.0696. The number of nitrogens with zero attached hydrogens (tertiary/aromatic N) is 1. The predicted octanol–water partition coefficient (Wildman–Crippen LogP) is 2.50. The average molecular weight is 278 g/mol. The number of carbonyl (C=O) groups is 1. The Bertz CT molecular complexity index is 502. The summed E-state index contributed by atoms with van der Waals surface area (Å²) < 4.78 is 0. The topological polar surface area (TPSA) is 82.5 Å². The molecular formula is C15H22N2O3. The minimum atomic E-state index is -0.986. The Morgan fingerprint density at radius 2 is 2.00 bits per heavy atom. The van der Waals surface area contributed by atoms with Crippen LogP contribution in [0.1, 0.15) is 53.7 Å². The van der Waals surface area contributed by atoms with Gasteiger partial charge in [0.25, 0.3) is 0 Å². The van der Waals surface area contributed by atoms with Crippen molar-refractivity contribution in [2.75, 3.05) is 5.32 Å². The Labute approximate surface area is 119 Å². The summed E-state index contributed by atoms with van der Waals surface area (Å²) in [4.78, 5) is 15.7. The molecule has 0 amide bonds. The van der Waals surface area contributed by atoms with E-state index in [9.17, 15) is 15.0 Å². The summed E-state index contributed by atoms with van der Waals surface area (Å²) in [6.07, 6.45) is 4.33. The number of aliphatic hydroxyl groups excluding tert-OH is 1. The van der Waals surface area contributed by atoms with Crippen molar-refractivity contribution in [1.29, 1.82) is 0 Å². The lowest BCUT2D eigenvalue weighted by atomic mass is 10.0. The number of aliphatic hydroxyl groups is 1. The van der Waals surface area contributed by atoms with E-state index >= 15 is 0 Å². The molecule has 1 fully saturated rings. The van der Waals surface area contributed by atoms with E-state index in [1.54, 1.807) is 13.0 Å². The lowest BCUT2D eigenvalue weighted by Gasteiger charge is -2.23. The van der Waals surface area contributed by atoms with Crippen molar-refractivity contribution < 1.29 is 15.0 Å². The van der Waals surface area contributed by atoms with Gasteiger partial charge in [-0.05, 0) is 38.3 Å². The number of hydrogen-bond acceptors (Lipinski definition) is 4. The van der Waals surface area contributed by atoms with Crippen molar-refractivity contribution in [3.05, 3.63) is 22.9 Å². The van der Waals surface area contributed by atoms with Gasteiger partial charge in [0, 0.05) is 5.69 Å². The van der Waals surface area contributed by atoms with E-state index in [0.29, 0.717) is 11.4 Å². The summed E-state index contributed by atoms with van der Waals surface area (Å²) in [5.74, 6) is -0.610. The minimum Gasteiger partial charge on any atom is -0.478 e. The van der Waals surface area contributed by atoms with E-state index < -0.39 is 12.1 Å². The molecule has 0 spiro atoms. The van der Waals surface area contributed by atoms with E-state index in [2.05, 4.69) is 10.3 Å². The van der Waals surface area contributed by atoms with Gasteiger partial charge in [0.2, 0.25) is 0 Å². The molecule has 110 valence electrons. The number of aromatic carboxylic acids is 1. The molecule has 1 saturated carbocycles. The highest BCUT2D eigenvalue weighted by Crippen LogP contribution is 2.24. The second kappa shape index (κ2) is 6.22. The summed E-state index contributed by atoms with van der Waals surface area (Å²) in [5.41, 5.74) is 1.67. The summed E-state index contributed by atoms with van der Waals surface area (Å²) in [7, 11) is 0. The van der Waals surface area contributed by atoms with Gasteiger partial charge in [-0.2, -0.15) is 0 Å². The van der Waals surface area contributed by atoms with Crippen LogP contribution in [0.5, 0.6) is 0 Å². The fourth-order valence-corrected chi connectivity index (χ4v) is 2.84. The first-order chi connectivity index (χ1) is 9.49. The maximum Gasteiger partial charge on any atom is 0.339 e. The molecule has 20 heavy (non-hydrogen) atoms. The molecule has 2 rings (SSSR count). The van der Waals surface area contributed by atoms with Crippen LogP contribution in [-0.2, 0) is 0 Å². The van der Waals surface area contributed by atoms with Crippen molar-refractivity contribution >= 4 is 11.8 Å². The van der Waals surface area contributed by atoms with E-state index in [0.717, 1.165) is 37.8 Å². The van der Waals surface area contributed by atoms with Crippen molar-refractivity contribution in [1.82, 2.24) is 4.98 Å². The molecule has 2 unspecified atom stereocenters. The lowest BCUT2D eigenvalue weighted by Crippen LogP contribution is -2.33. The number of carboxylic acids is 1. The number of nitrogens with one attached hydrogen (secondary N) is 1. The van der Waals surface area contributed by atoms with Gasteiger partial charge < -0.3 is 15.5 Å². The fraction of sp³-hybridized carbons (Fsp3) is 0.600. The van der Waals surface area contributed by atoms with Gasteiger partial charge in [-0.25, -0.2) is 9.78 Å². The van der Waals surface area contributed by atoms with E-state index in [4.69, 9.17) is 0 Å². The molecular weight excluding hydrogens is 256 g/mol. The molecule has 1 aliphatic carbocycles. The molecule has 3 N–H and O–H groups in total. The van der Waals surface area contributed by atoms with Crippen LogP contribution in [0.3, 0.4) is 0 Å². The van der Waals surface area contributed by atoms with E-state index in [1.165, 1.54) is 0 Å². The first-order valence-electron chi connectivity index (χ1n) is 7.15. The number of rotatable bonds is 3. The first kappa shape index (κ1) is 14.8. The largest absolute Gasteiger partial charge is 0.478 e.